The van der Waals surface area contributed by atoms with Gasteiger partial charge in [-0.15, -0.1) is 28.1 Å². The van der Waals surface area contributed by atoms with E-state index in [1.54, 1.807) is 23.1 Å². The second-order valence-corrected chi connectivity index (χ2v) is 8.49. The molecule has 0 saturated carbocycles. The van der Waals surface area contributed by atoms with Crippen molar-refractivity contribution in [1.82, 2.24) is 14.8 Å². The Bertz CT molecular complexity index is 1100. The van der Waals surface area contributed by atoms with Crippen LogP contribution in [0.2, 0.25) is 0 Å². The lowest BCUT2D eigenvalue weighted by Gasteiger charge is -2.09. The zero-order chi connectivity index (χ0) is 18.8. The molecule has 0 bridgehead atoms. The highest BCUT2D eigenvalue weighted by molar-refractivity contribution is 7.98. The molecule has 0 saturated heterocycles. The van der Waals surface area contributed by atoms with Gasteiger partial charge in [-0.25, -0.2) is 0 Å². The summed E-state index contributed by atoms with van der Waals surface area (Å²) in [5, 5.41) is 14.7. The molecule has 0 aliphatic heterocycles. The maximum atomic E-state index is 4.50. The summed E-state index contributed by atoms with van der Waals surface area (Å²) in [4.78, 5) is 1.32. The van der Waals surface area contributed by atoms with Gasteiger partial charge in [0.25, 0.3) is 0 Å². The molecule has 0 spiro atoms. The molecule has 0 N–H and O–H groups in total. The molecular formula is C22H21N3S2. The molecule has 0 aliphatic rings. The number of hydrogen-bond donors (Lipinski definition) is 0. The molecule has 2 aromatic heterocycles. The maximum absolute atomic E-state index is 4.50. The van der Waals surface area contributed by atoms with E-state index in [2.05, 4.69) is 83.0 Å². The highest BCUT2D eigenvalue weighted by Crippen LogP contribution is 2.33. The zero-order valence-electron chi connectivity index (χ0n) is 15.5. The average Bonchev–Trinajstić information content (AvgIpc) is 3.23. The summed E-state index contributed by atoms with van der Waals surface area (Å²) in [5.74, 6) is 1.79. The number of nitrogens with zero attached hydrogens (tertiary/aromatic N) is 3. The van der Waals surface area contributed by atoms with Gasteiger partial charge in [-0.2, -0.15) is 0 Å². The SMILES string of the molecule is C=CCn1c(SCc2cccc3ccccc23)nnc1-c1csc(C)c1C. The van der Waals surface area contributed by atoms with Crippen LogP contribution in [0.5, 0.6) is 0 Å². The first-order chi connectivity index (χ1) is 13.2. The van der Waals surface area contributed by atoms with Gasteiger partial charge in [0.2, 0.25) is 0 Å². The van der Waals surface area contributed by atoms with Crippen LogP contribution in [0.15, 0.2) is 65.7 Å². The van der Waals surface area contributed by atoms with E-state index in [-0.39, 0.29) is 0 Å². The van der Waals surface area contributed by atoms with Crippen LogP contribution < -0.4 is 0 Å². The highest BCUT2D eigenvalue weighted by Gasteiger charge is 2.17. The van der Waals surface area contributed by atoms with Gasteiger partial charge in [0.15, 0.2) is 11.0 Å². The van der Waals surface area contributed by atoms with Crippen molar-refractivity contribution in [2.45, 2.75) is 31.3 Å². The first-order valence-electron chi connectivity index (χ1n) is 8.87. The van der Waals surface area contributed by atoms with Crippen LogP contribution in [-0.2, 0) is 12.3 Å². The van der Waals surface area contributed by atoms with Gasteiger partial charge in [-0.1, -0.05) is 60.3 Å². The molecule has 136 valence electrons. The predicted octanol–water partition coefficient (Wildman–Crippen LogP) is 6.25. The molecule has 4 aromatic rings. The molecule has 0 radical (unpaired) electrons. The third kappa shape index (κ3) is 3.45. The van der Waals surface area contributed by atoms with Crippen LogP contribution in [0, 0.1) is 13.8 Å². The molecule has 2 heterocycles. The minimum Gasteiger partial charge on any atom is -0.298 e. The number of aryl methyl sites for hydroxylation is 1. The quantitative estimate of drug-likeness (QED) is 0.287. The average molecular weight is 392 g/mol. The lowest BCUT2D eigenvalue weighted by molar-refractivity contribution is 0.731. The fraction of sp³-hybridized carbons (Fsp3) is 0.182. The van der Waals surface area contributed by atoms with Crippen molar-refractivity contribution in [1.29, 1.82) is 0 Å². The van der Waals surface area contributed by atoms with Crippen LogP contribution in [0.25, 0.3) is 22.2 Å². The number of thiophene rings is 1. The van der Waals surface area contributed by atoms with Gasteiger partial charge in [0.1, 0.15) is 0 Å². The summed E-state index contributed by atoms with van der Waals surface area (Å²) in [6.07, 6.45) is 1.91. The van der Waals surface area contributed by atoms with Crippen molar-refractivity contribution < 1.29 is 0 Å². The van der Waals surface area contributed by atoms with Gasteiger partial charge in [-0.05, 0) is 35.7 Å². The number of rotatable bonds is 6. The molecule has 0 aliphatic carbocycles. The smallest absolute Gasteiger partial charge is 0.192 e. The van der Waals surface area contributed by atoms with Crippen molar-refractivity contribution >= 4 is 33.9 Å². The second-order valence-electron chi connectivity index (χ2n) is 6.46. The summed E-state index contributed by atoms with van der Waals surface area (Å²) in [6, 6.07) is 15.0. The van der Waals surface area contributed by atoms with Crippen LogP contribution in [0.4, 0.5) is 0 Å². The number of fused-ring (bicyclic) bond motifs is 1. The monoisotopic (exact) mass is 391 g/mol. The molecule has 4 rings (SSSR count). The summed E-state index contributed by atoms with van der Waals surface area (Å²) in [6.45, 7) is 8.91. The van der Waals surface area contributed by atoms with E-state index in [1.807, 2.05) is 6.08 Å². The normalized spacial score (nSPS) is 11.2. The second kappa shape index (κ2) is 7.71. The summed E-state index contributed by atoms with van der Waals surface area (Å²) < 4.78 is 2.16. The van der Waals surface area contributed by atoms with Gasteiger partial charge >= 0.3 is 0 Å². The number of allylic oxidation sites excluding steroid dienone is 1. The lowest BCUT2D eigenvalue weighted by atomic mass is 10.1. The Labute approximate surface area is 167 Å². The summed E-state index contributed by atoms with van der Waals surface area (Å²) in [5.41, 5.74) is 3.77. The van der Waals surface area contributed by atoms with Crippen molar-refractivity contribution in [3.63, 3.8) is 0 Å². The topological polar surface area (TPSA) is 30.7 Å². The number of benzene rings is 2. The van der Waals surface area contributed by atoms with Crippen molar-refractivity contribution in [3.8, 4) is 11.4 Å². The van der Waals surface area contributed by atoms with Crippen LogP contribution in [0.1, 0.15) is 16.0 Å². The Hall–Kier alpha value is -2.37. The van der Waals surface area contributed by atoms with E-state index in [0.29, 0.717) is 6.54 Å². The largest absolute Gasteiger partial charge is 0.298 e. The number of hydrogen-bond acceptors (Lipinski definition) is 4. The molecule has 5 heteroatoms. The summed E-state index contributed by atoms with van der Waals surface area (Å²) in [7, 11) is 0. The Kier molecular flexibility index (Phi) is 5.14. The van der Waals surface area contributed by atoms with Gasteiger partial charge in [-0.3, -0.25) is 4.57 Å². The van der Waals surface area contributed by atoms with Crippen LogP contribution >= 0.6 is 23.1 Å². The van der Waals surface area contributed by atoms with E-state index in [1.165, 1.54) is 32.3 Å². The fourth-order valence-corrected chi connectivity index (χ4v) is 5.00. The van der Waals surface area contributed by atoms with Crippen molar-refractivity contribution in [3.05, 3.63) is 76.5 Å². The van der Waals surface area contributed by atoms with E-state index < -0.39 is 0 Å². The third-order valence-corrected chi connectivity index (χ3v) is 6.82. The third-order valence-electron chi connectivity index (χ3n) is 4.79. The molecule has 27 heavy (non-hydrogen) atoms. The molecule has 0 unspecified atom stereocenters. The zero-order valence-corrected chi connectivity index (χ0v) is 17.1. The molecule has 0 fully saturated rings. The first-order valence-corrected chi connectivity index (χ1v) is 10.7. The standard InChI is InChI=1S/C22H21N3S2/c1-4-12-25-21(20-14-26-16(3)15(20)2)23-24-22(25)27-13-18-10-7-9-17-8-5-6-11-19(17)18/h4-11,14H,1,12-13H2,2-3H3. The Morgan fingerprint density at radius 2 is 1.93 bits per heavy atom. The summed E-state index contributed by atoms with van der Waals surface area (Å²) >= 11 is 3.49. The van der Waals surface area contributed by atoms with Crippen molar-refractivity contribution in [2.24, 2.45) is 0 Å². The minimum atomic E-state index is 0.703. The molecule has 0 amide bonds. The van der Waals surface area contributed by atoms with Crippen LogP contribution in [0.3, 0.4) is 0 Å². The Morgan fingerprint density at radius 1 is 1.11 bits per heavy atom. The van der Waals surface area contributed by atoms with Crippen molar-refractivity contribution in [2.75, 3.05) is 0 Å². The Morgan fingerprint density at radius 3 is 2.70 bits per heavy atom. The number of aromatic nitrogens is 3. The van der Waals surface area contributed by atoms with Gasteiger partial charge in [0, 0.05) is 28.1 Å². The first kappa shape index (κ1) is 18.0. The van der Waals surface area contributed by atoms with Gasteiger partial charge in [0.05, 0.1) is 0 Å². The van der Waals surface area contributed by atoms with E-state index in [4.69, 9.17) is 0 Å². The fourth-order valence-electron chi connectivity index (χ4n) is 3.18. The molecule has 0 atom stereocenters. The number of thioether (sulfide) groups is 1. The van der Waals surface area contributed by atoms with E-state index in [9.17, 15) is 0 Å². The lowest BCUT2D eigenvalue weighted by Crippen LogP contribution is -2.01. The van der Waals surface area contributed by atoms with E-state index in [0.717, 1.165) is 16.7 Å². The Balaban J connectivity index is 1.66. The minimum absolute atomic E-state index is 0.703. The predicted molar refractivity (Wildman–Crippen MR) is 117 cm³/mol. The molecule has 2 aromatic carbocycles. The van der Waals surface area contributed by atoms with E-state index >= 15 is 0 Å². The maximum Gasteiger partial charge on any atom is 0.192 e. The molecule has 3 nitrogen and oxygen atoms in total. The van der Waals surface area contributed by atoms with Crippen LogP contribution in [-0.4, -0.2) is 14.8 Å². The highest BCUT2D eigenvalue weighted by atomic mass is 32.2. The van der Waals surface area contributed by atoms with Gasteiger partial charge < -0.3 is 0 Å². The molecular weight excluding hydrogens is 370 g/mol.